The van der Waals surface area contributed by atoms with Crippen LogP contribution in [0.5, 0.6) is 0 Å². The number of carbonyl (C=O) groups is 2. The van der Waals surface area contributed by atoms with Gasteiger partial charge < -0.3 is 23.7 Å². The maximum absolute atomic E-state index is 12.7. The Morgan fingerprint density at radius 3 is 2.96 bits per heavy atom. The van der Waals surface area contributed by atoms with Crippen LogP contribution in [0.4, 0.5) is 5.69 Å². The molecule has 2 aliphatic heterocycles. The number of rotatable bonds is 2. The lowest BCUT2D eigenvalue weighted by Gasteiger charge is -2.42. The first-order valence-electron chi connectivity index (χ1n) is 8.40. The molecule has 2 amide bonds. The molecule has 4 heterocycles. The maximum Gasteiger partial charge on any atom is 0.289 e. The Morgan fingerprint density at radius 2 is 2.23 bits per heavy atom. The first kappa shape index (κ1) is 16.8. The highest BCUT2D eigenvalue weighted by Crippen LogP contribution is 2.27. The van der Waals surface area contributed by atoms with Crippen molar-refractivity contribution in [2.45, 2.75) is 5.60 Å². The van der Waals surface area contributed by atoms with Gasteiger partial charge in [-0.15, -0.1) is 0 Å². The fourth-order valence-corrected chi connectivity index (χ4v) is 3.32. The van der Waals surface area contributed by atoms with Crippen LogP contribution in [0.15, 0.2) is 35.2 Å². The van der Waals surface area contributed by atoms with Crippen LogP contribution in [0.3, 0.4) is 0 Å². The number of aryl methyl sites for hydroxylation is 1. The van der Waals surface area contributed by atoms with E-state index in [9.17, 15) is 9.59 Å². The third-order valence-corrected chi connectivity index (χ3v) is 4.62. The molecule has 26 heavy (non-hydrogen) atoms. The lowest BCUT2D eigenvalue weighted by atomic mass is 10.0. The summed E-state index contributed by atoms with van der Waals surface area (Å²) in [6, 6.07) is 3.31. The molecule has 0 radical (unpaired) electrons. The highest BCUT2D eigenvalue weighted by Gasteiger charge is 2.44. The molecule has 2 aromatic heterocycles. The van der Waals surface area contributed by atoms with Gasteiger partial charge in [0.1, 0.15) is 12.2 Å². The third kappa shape index (κ3) is 3.11. The van der Waals surface area contributed by atoms with E-state index in [0.29, 0.717) is 38.5 Å². The van der Waals surface area contributed by atoms with Gasteiger partial charge in [-0.1, -0.05) is 0 Å². The van der Waals surface area contributed by atoms with Crippen LogP contribution in [-0.4, -0.2) is 71.6 Å². The van der Waals surface area contributed by atoms with E-state index in [1.54, 1.807) is 46.1 Å². The molecule has 138 valence electrons. The molecule has 0 bridgehead atoms. The van der Waals surface area contributed by atoms with Crippen molar-refractivity contribution in [2.24, 2.45) is 7.05 Å². The smallest absolute Gasteiger partial charge is 0.289 e. The van der Waals surface area contributed by atoms with E-state index < -0.39 is 5.60 Å². The van der Waals surface area contributed by atoms with E-state index in [2.05, 4.69) is 5.10 Å². The molecule has 2 fully saturated rings. The van der Waals surface area contributed by atoms with E-state index in [4.69, 9.17) is 13.9 Å². The molecule has 0 saturated carbocycles. The number of anilines is 1. The number of aromatic nitrogens is 2. The van der Waals surface area contributed by atoms with Crippen molar-refractivity contribution in [3.8, 4) is 0 Å². The third-order valence-electron chi connectivity index (χ3n) is 4.62. The quantitative estimate of drug-likeness (QED) is 0.765. The minimum absolute atomic E-state index is 0.0684. The highest BCUT2D eigenvalue weighted by molar-refractivity contribution is 5.95. The zero-order valence-corrected chi connectivity index (χ0v) is 14.5. The summed E-state index contributed by atoms with van der Waals surface area (Å²) in [6.07, 6.45) is 4.89. The first-order valence-corrected chi connectivity index (χ1v) is 8.40. The fourth-order valence-electron chi connectivity index (χ4n) is 3.32. The molecule has 2 aliphatic rings. The fraction of sp³-hybridized carbons (Fsp3) is 0.471. The molecule has 9 heteroatoms. The van der Waals surface area contributed by atoms with Crippen LogP contribution >= 0.6 is 0 Å². The van der Waals surface area contributed by atoms with Gasteiger partial charge in [0.25, 0.3) is 11.8 Å². The maximum atomic E-state index is 12.7. The number of morpholine rings is 1. The highest BCUT2D eigenvalue weighted by atomic mass is 16.6. The van der Waals surface area contributed by atoms with Crippen LogP contribution in [0.1, 0.15) is 10.6 Å². The lowest BCUT2D eigenvalue weighted by Crippen LogP contribution is -2.61. The van der Waals surface area contributed by atoms with Gasteiger partial charge in [0.2, 0.25) is 0 Å². The molecule has 9 nitrogen and oxygen atoms in total. The summed E-state index contributed by atoms with van der Waals surface area (Å²) in [7, 11) is 1.79. The van der Waals surface area contributed by atoms with Gasteiger partial charge >= 0.3 is 0 Å². The van der Waals surface area contributed by atoms with Gasteiger partial charge in [-0.2, -0.15) is 5.10 Å². The molecule has 2 saturated heterocycles. The summed E-state index contributed by atoms with van der Waals surface area (Å²) in [5.41, 5.74) is -0.0870. The van der Waals surface area contributed by atoms with Crippen LogP contribution in [0.25, 0.3) is 0 Å². The summed E-state index contributed by atoms with van der Waals surface area (Å²) < 4.78 is 18.5. The average molecular weight is 360 g/mol. The van der Waals surface area contributed by atoms with Crippen LogP contribution in [-0.2, 0) is 21.3 Å². The van der Waals surface area contributed by atoms with Crippen molar-refractivity contribution in [3.05, 3.63) is 36.5 Å². The Balaban J connectivity index is 1.57. The van der Waals surface area contributed by atoms with Gasteiger partial charge in [0.15, 0.2) is 5.76 Å². The predicted octanol–water partition coefficient (Wildman–Crippen LogP) is 0.288. The monoisotopic (exact) mass is 360 g/mol. The number of amides is 2. The predicted molar refractivity (Wildman–Crippen MR) is 89.7 cm³/mol. The molecule has 1 atom stereocenters. The van der Waals surface area contributed by atoms with Crippen LogP contribution < -0.4 is 4.90 Å². The summed E-state index contributed by atoms with van der Waals surface area (Å²) in [4.78, 5) is 28.3. The van der Waals surface area contributed by atoms with Crippen molar-refractivity contribution in [1.82, 2.24) is 14.7 Å². The SMILES string of the molecule is Cn1cc(N2CC3(COCCN(C(=O)c4ccco4)C3)OCC2=O)cn1. The van der Waals surface area contributed by atoms with Gasteiger partial charge in [0, 0.05) is 19.8 Å². The van der Waals surface area contributed by atoms with Crippen molar-refractivity contribution in [1.29, 1.82) is 0 Å². The van der Waals surface area contributed by atoms with E-state index >= 15 is 0 Å². The van der Waals surface area contributed by atoms with Crippen LogP contribution in [0, 0.1) is 0 Å². The summed E-state index contributed by atoms with van der Waals surface area (Å²) >= 11 is 0. The molecule has 0 aromatic carbocycles. The second kappa shape index (κ2) is 6.58. The molecule has 2 aromatic rings. The Morgan fingerprint density at radius 1 is 1.35 bits per heavy atom. The molecule has 0 N–H and O–H groups in total. The Kier molecular flexibility index (Phi) is 4.25. The minimum atomic E-state index is -0.789. The van der Waals surface area contributed by atoms with Crippen LogP contribution in [0.2, 0.25) is 0 Å². The Labute approximate surface area is 150 Å². The Bertz CT molecular complexity index is 802. The van der Waals surface area contributed by atoms with E-state index in [-0.39, 0.29) is 24.2 Å². The van der Waals surface area contributed by atoms with Gasteiger partial charge in [-0.05, 0) is 12.1 Å². The molecule has 4 rings (SSSR count). The molecule has 0 aliphatic carbocycles. The van der Waals surface area contributed by atoms with Crippen molar-refractivity contribution in [2.75, 3.05) is 44.4 Å². The number of carbonyl (C=O) groups excluding carboxylic acids is 2. The summed E-state index contributed by atoms with van der Waals surface area (Å²) in [6.45, 7) is 1.68. The minimum Gasteiger partial charge on any atom is -0.459 e. The normalized spacial score (nSPS) is 24.1. The molecular formula is C17H20N4O5. The summed E-state index contributed by atoms with van der Waals surface area (Å²) in [5.74, 6) is -0.0804. The largest absolute Gasteiger partial charge is 0.459 e. The van der Waals surface area contributed by atoms with E-state index in [1.807, 2.05) is 0 Å². The number of hydrogen-bond acceptors (Lipinski definition) is 6. The lowest BCUT2D eigenvalue weighted by molar-refractivity contribution is -0.145. The Hall–Kier alpha value is -2.65. The van der Waals surface area contributed by atoms with Gasteiger partial charge in [-0.3, -0.25) is 14.3 Å². The number of ether oxygens (including phenoxy) is 2. The standard InChI is InChI=1S/C17H20N4O5/c1-19-8-13(7-18-19)21-11-17(26-9-15(21)22)10-20(4-6-24-12-17)16(23)14-3-2-5-25-14/h2-3,5,7-8H,4,6,9-12H2,1H3. The zero-order chi connectivity index (χ0) is 18.1. The number of furan rings is 1. The van der Waals surface area contributed by atoms with Gasteiger partial charge in [-0.25, -0.2) is 0 Å². The molecular weight excluding hydrogens is 340 g/mol. The van der Waals surface area contributed by atoms with Gasteiger partial charge in [0.05, 0.1) is 44.5 Å². The van der Waals surface area contributed by atoms with Crippen molar-refractivity contribution >= 4 is 17.5 Å². The number of nitrogens with zero attached hydrogens (tertiary/aromatic N) is 4. The average Bonchev–Trinajstić information content (AvgIpc) is 3.27. The zero-order valence-electron chi connectivity index (χ0n) is 14.5. The van der Waals surface area contributed by atoms with Crippen molar-refractivity contribution in [3.63, 3.8) is 0 Å². The topological polar surface area (TPSA) is 90.0 Å². The second-order valence-corrected chi connectivity index (χ2v) is 6.58. The van der Waals surface area contributed by atoms with E-state index in [1.165, 1.54) is 6.26 Å². The number of hydrogen-bond donors (Lipinski definition) is 0. The first-order chi connectivity index (χ1) is 12.6. The molecule has 1 spiro atoms. The summed E-state index contributed by atoms with van der Waals surface area (Å²) in [5, 5.41) is 4.13. The molecule has 1 unspecified atom stereocenters. The van der Waals surface area contributed by atoms with Crippen molar-refractivity contribution < 1.29 is 23.5 Å². The van der Waals surface area contributed by atoms with E-state index in [0.717, 1.165) is 0 Å². The second-order valence-electron chi connectivity index (χ2n) is 6.58.